The van der Waals surface area contributed by atoms with Gasteiger partial charge in [-0.2, -0.15) is 0 Å². The number of nitrogens with one attached hydrogen (secondary N) is 1. The quantitative estimate of drug-likeness (QED) is 0.537. The first kappa shape index (κ1) is 20.6. The van der Waals surface area contributed by atoms with Crippen LogP contribution in [-0.4, -0.2) is 28.7 Å². The molecule has 1 N–H and O–H groups in total. The Morgan fingerprint density at radius 2 is 1.69 bits per heavy atom. The molecule has 0 amide bonds. The van der Waals surface area contributed by atoms with Gasteiger partial charge in [0.25, 0.3) is 0 Å². The minimum atomic E-state index is 0.607. The zero-order valence-corrected chi connectivity index (χ0v) is 17.5. The number of hydrogen-bond acceptors (Lipinski definition) is 4. The highest BCUT2D eigenvalue weighted by atomic mass is 32.1. The lowest BCUT2D eigenvalue weighted by atomic mass is 10.2. The Morgan fingerprint density at radius 1 is 0.966 bits per heavy atom. The molecule has 0 unspecified atom stereocenters. The number of pyridine rings is 1. The summed E-state index contributed by atoms with van der Waals surface area (Å²) in [7, 11) is 1.66. The molecule has 0 atom stereocenters. The number of anilines is 1. The monoisotopic (exact) mass is 407 g/mol. The minimum absolute atomic E-state index is 0.607. The molecule has 1 heterocycles. The second-order valence-electron chi connectivity index (χ2n) is 6.41. The van der Waals surface area contributed by atoms with Gasteiger partial charge in [-0.25, -0.2) is 0 Å². The standard InChI is InChI=1S/C23H25N3O2S/c1-3-28-22-13-9-19(10-14-22)25-23(29)26(17-20-6-4-5-15-24-20)16-18-7-11-21(27-2)12-8-18/h4-15H,3,16-17H2,1-2H3,(H,25,29). The summed E-state index contributed by atoms with van der Waals surface area (Å²) in [4.78, 5) is 6.54. The third-order valence-corrected chi connectivity index (χ3v) is 4.68. The summed E-state index contributed by atoms with van der Waals surface area (Å²) < 4.78 is 10.8. The van der Waals surface area contributed by atoms with Crippen molar-refractivity contribution >= 4 is 23.0 Å². The number of nitrogens with zero attached hydrogens (tertiary/aromatic N) is 2. The number of methoxy groups -OCH3 is 1. The van der Waals surface area contributed by atoms with E-state index in [1.165, 1.54) is 0 Å². The van der Waals surface area contributed by atoms with Crippen molar-refractivity contribution in [3.8, 4) is 11.5 Å². The number of benzene rings is 2. The van der Waals surface area contributed by atoms with Crippen LogP contribution < -0.4 is 14.8 Å². The van der Waals surface area contributed by atoms with Gasteiger partial charge in [-0.05, 0) is 73.2 Å². The van der Waals surface area contributed by atoms with Gasteiger partial charge in [-0.3, -0.25) is 4.98 Å². The molecule has 150 valence electrons. The van der Waals surface area contributed by atoms with E-state index in [1.54, 1.807) is 13.3 Å². The molecule has 0 spiro atoms. The number of thiocarbonyl (C=S) groups is 1. The summed E-state index contributed by atoms with van der Waals surface area (Å²) in [6, 6.07) is 21.7. The van der Waals surface area contributed by atoms with Gasteiger partial charge in [0, 0.05) is 18.4 Å². The number of hydrogen-bond donors (Lipinski definition) is 1. The van der Waals surface area contributed by atoms with Crippen LogP contribution in [0.15, 0.2) is 72.9 Å². The van der Waals surface area contributed by atoms with Gasteiger partial charge in [-0.15, -0.1) is 0 Å². The molecule has 0 aliphatic heterocycles. The van der Waals surface area contributed by atoms with Crippen LogP contribution in [0.25, 0.3) is 0 Å². The molecule has 0 aliphatic carbocycles. The van der Waals surface area contributed by atoms with Crippen molar-refractivity contribution in [2.24, 2.45) is 0 Å². The van der Waals surface area contributed by atoms with Gasteiger partial charge in [0.1, 0.15) is 11.5 Å². The van der Waals surface area contributed by atoms with Crippen LogP contribution in [-0.2, 0) is 13.1 Å². The molecule has 5 nitrogen and oxygen atoms in total. The Morgan fingerprint density at radius 3 is 2.31 bits per heavy atom. The normalized spacial score (nSPS) is 10.3. The number of ether oxygens (including phenoxy) is 2. The van der Waals surface area contributed by atoms with Gasteiger partial charge >= 0.3 is 0 Å². The molecule has 0 saturated heterocycles. The van der Waals surface area contributed by atoms with Crippen LogP contribution in [0, 0.1) is 0 Å². The minimum Gasteiger partial charge on any atom is -0.497 e. The van der Waals surface area contributed by atoms with E-state index in [2.05, 4.69) is 15.2 Å². The maximum absolute atomic E-state index is 5.72. The Balaban J connectivity index is 1.74. The first-order valence-electron chi connectivity index (χ1n) is 9.49. The predicted molar refractivity (Wildman–Crippen MR) is 120 cm³/mol. The second-order valence-corrected chi connectivity index (χ2v) is 6.80. The van der Waals surface area contributed by atoms with Gasteiger partial charge in [0.2, 0.25) is 0 Å². The molecule has 6 heteroatoms. The van der Waals surface area contributed by atoms with Crippen LogP contribution in [0.4, 0.5) is 5.69 Å². The van der Waals surface area contributed by atoms with Crippen LogP contribution in [0.1, 0.15) is 18.2 Å². The summed E-state index contributed by atoms with van der Waals surface area (Å²) >= 11 is 5.72. The Hall–Kier alpha value is -3.12. The van der Waals surface area contributed by atoms with Crippen LogP contribution in [0.3, 0.4) is 0 Å². The van der Waals surface area contributed by atoms with Gasteiger partial charge in [-0.1, -0.05) is 18.2 Å². The molecule has 2 aromatic carbocycles. The summed E-state index contributed by atoms with van der Waals surface area (Å²) in [5.74, 6) is 1.67. The predicted octanol–water partition coefficient (Wildman–Crippen LogP) is 4.89. The lowest BCUT2D eigenvalue weighted by Gasteiger charge is -2.26. The average molecular weight is 408 g/mol. The van der Waals surface area contributed by atoms with E-state index >= 15 is 0 Å². The van der Waals surface area contributed by atoms with Crippen molar-refractivity contribution in [1.29, 1.82) is 0 Å². The van der Waals surface area contributed by atoms with E-state index in [0.29, 0.717) is 24.8 Å². The van der Waals surface area contributed by atoms with E-state index in [9.17, 15) is 0 Å². The summed E-state index contributed by atoms with van der Waals surface area (Å²) in [5.41, 5.74) is 3.01. The summed E-state index contributed by atoms with van der Waals surface area (Å²) in [6.45, 7) is 3.88. The van der Waals surface area contributed by atoms with Crippen molar-refractivity contribution < 1.29 is 9.47 Å². The van der Waals surface area contributed by atoms with Crippen molar-refractivity contribution in [3.05, 3.63) is 84.2 Å². The van der Waals surface area contributed by atoms with Crippen molar-refractivity contribution in [2.45, 2.75) is 20.0 Å². The second kappa shape index (κ2) is 10.4. The van der Waals surface area contributed by atoms with Crippen molar-refractivity contribution in [3.63, 3.8) is 0 Å². The fourth-order valence-electron chi connectivity index (χ4n) is 2.84. The third-order valence-electron chi connectivity index (χ3n) is 4.32. The SMILES string of the molecule is CCOc1ccc(NC(=S)N(Cc2ccc(OC)cc2)Cc2ccccn2)cc1. The number of rotatable bonds is 8. The largest absolute Gasteiger partial charge is 0.497 e. The van der Waals surface area contributed by atoms with E-state index in [1.807, 2.05) is 73.7 Å². The fourth-order valence-corrected chi connectivity index (χ4v) is 3.09. The first-order chi connectivity index (χ1) is 14.2. The highest BCUT2D eigenvalue weighted by molar-refractivity contribution is 7.80. The van der Waals surface area contributed by atoms with Gasteiger partial charge in [0.05, 0.1) is 26.0 Å². The van der Waals surface area contributed by atoms with Crippen LogP contribution >= 0.6 is 12.2 Å². The lowest BCUT2D eigenvalue weighted by molar-refractivity contribution is 0.340. The zero-order chi connectivity index (χ0) is 20.5. The first-order valence-corrected chi connectivity index (χ1v) is 9.90. The van der Waals surface area contributed by atoms with Gasteiger partial charge < -0.3 is 19.7 Å². The van der Waals surface area contributed by atoms with Crippen molar-refractivity contribution in [2.75, 3.05) is 19.0 Å². The molecule has 1 aromatic heterocycles. The van der Waals surface area contributed by atoms with Crippen LogP contribution in [0.2, 0.25) is 0 Å². The molecule has 3 aromatic rings. The van der Waals surface area contributed by atoms with E-state index in [0.717, 1.165) is 28.4 Å². The Labute approximate surface area is 177 Å². The maximum Gasteiger partial charge on any atom is 0.174 e. The molecule has 0 aliphatic rings. The maximum atomic E-state index is 5.72. The molecule has 3 rings (SSSR count). The van der Waals surface area contributed by atoms with E-state index in [-0.39, 0.29) is 0 Å². The molecule has 0 fully saturated rings. The highest BCUT2D eigenvalue weighted by Crippen LogP contribution is 2.18. The topological polar surface area (TPSA) is 46.6 Å². The Kier molecular flexibility index (Phi) is 7.41. The molecule has 0 radical (unpaired) electrons. The van der Waals surface area contributed by atoms with Gasteiger partial charge in [0.15, 0.2) is 5.11 Å². The van der Waals surface area contributed by atoms with E-state index in [4.69, 9.17) is 21.7 Å². The molecular formula is C23H25N3O2S. The number of aromatic nitrogens is 1. The lowest BCUT2D eigenvalue weighted by Crippen LogP contribution is -2.34. The molecule has 29 heavy (non-hydrogen) atoms. The fraction of sp³-hybridized carbons (Fsp3) is 0.217. The average Bonchev–Trinajstić information content (AvgIpc) is 2.76. The molecule has 0 bridgehead atoms. The molecular weight excluding hydrogens is 382 g/mol. The summed E-state index contributed by atoms with van der Waals surface area (Å²) in [6.07, 6.45) is 1.80. The highest BCUT2D eigenvalue weighted by Gasteiger charge is 2.13. The van der Waals surface area contributed by atoms with Crippen LogP contribution in [0.5, 0.6) is 11.5 Å². The Bertz CT molecular complexity index is 900. The molecule has 0 saturated carbocycles. The zero-order valence-electron chi connectivity index (χ0n) is 16.7. The third kappa shape index (κ3) is 6.19. The smallest absolute Gasteiger partial charge is 0.174 e. The van der Waals surface area contributed by atoms with E-state index < -0.39 is 0 Å². The summed E-state index contributed by atoms with van der Waals surface area (Å²) in [5, 5.41) is 3.96. The van der Waals surface area contributed by atoms with Crippen molar-refractivity contribution in [1.82, 2.24) is 9.88 Å².